The SMILES string of the molecule is COc1ccc(Br)cc1S(=O)(=O)N(C)C1CCCNCC1. The third-order valence-electron chi connectivity index (χ3n) is 3.84. The molecule has 1 heterocycles. The Morgan fingerprint density at radius 3 is 2.81 bits per heavy atom. The summed E-state index contributed by atoms with van der Waals surface area (Å²) in [6.07, 6.45) is 2.69. The molecule has 1 atom stereocenters. The Bertz CT molecular complexity index is 584. The van der Waals surface area contributed by atoms with Crippen molar-refractivity contribution in [2.75, 3.05) is 27.2 Å². The Balaban J connectivity index is 2.34. The summed E-state index contributed by atoms with van der Waals surface area (Å²) >= 11 is 3.33. The molecule has 1 aliphatic rings. The first-order valence-corrected chi connectivity index (χ1v) is 9.22. The minimum Gasteiger partial charge on any atom is -0.495 e. The average Bonchev–Trinajstić information content (AvgIpc) is 2.75. The van der Waals surface area contributed by atoms with E-state index < -0.39 is 10.0 Å². The quantitative estimate of drug-likeness (QED) is 0.874. The first kappa shape index (κ1) is 16.7. The molecule has 1 N–H and O–H groups in total. The third-order valence-corrected chi connectivity index (χ3v) is 6.27. The molecule has 0 spiro atoms. The van der Waals surface area contributed by atoms with Gasteiger partial charge in [0.15, 0.2) is 0 Å². The number of nitrogens with one attached hydrogen (secondary N) is 1. The maximum Gasteiger partial charge on any atom is 0.246 e. The number of ether oxygens (including phenoxy) is 1. The molecular formula is C14H21BrN2O3S. The summed E-state index contributed by atoms with van der Waals surface area (Å²) in [6, 6.07) is 5.06. The van der Waals surface area contributed by atoms with Gasteiger partial charge in [-0.2, -0.15) is 4.31 Å². The van der Waals surface area contributed by atoms with Crippen LogP contribution in [0.25, 0.3) is 0 Å². The van der Waals surface area contributed by atoms with Crippen LogP contribution in [0.1, 0.15) is 19.3 Å². The summed E-state index contributed by atoms with van der Waals surface area (Å²) in [5, 5.41) is 3.30. The second kappa shape index (κ2) is 7.09. The zero-order valence-electron chi connectivity index (χ0n) is 12.3. The zero-order valence-corrected chi connectivity index (χ0v) is 14.7. The Morgan fingerprint density at radius 2 is 2.10 bits per heavy atom. The molecule has 0 bridgehead atoms. The van der Waals surface area contributed by atoms with Crippen molar-refractivity contribution < 1.29 is 13.2 Å². The molecule has 1 aromatic carbocycles. The van der Waals surface area contributed by atoms with Gasteiger partial charge in [-0.15, -0.1) is 0 Å². The Hall–Kier alpha value is -0.630. The van der Waals surface area contributed by atoms with Crippen LogP contribution in [0, 0.1) is 0 Å². The lowest BCUT2D eigenvalue weighted by molar-refractivity contribution is 0.338. The molecule has 0 amide bonds. The second-order valence-electron chi connectivity index (χ2n) is 5.15. The summed E-state index contributed by atoms with van der Waals surface area (Å²) in [6.45, 7) is 1.80. The van der Waals surface area contributed by atoms with E-state index in [0.717, 1.165) is 36.8 Å². The van der Waals surface area contributed by atoms with Gasteiger partial charge in [-0.05, 0) is 50.6 Å². The number of nitrogens with zero attached hydrogens (tertiary/aromatic N) is 1. The first-order valence-electron chi connectivity index (χ1n) is 6.99. The monoisotopic (exact) mass is 376 g/mol. The van der Waals surface area contributed by atoms with Crippen molar-refractivity contribution in [2.45, 2.75) is 30.2 Å². The largest absolute Gasteiger partial charge is 0.495 e. The van der Waals surface area contributed by atoms with Crippen LogP contribution in [0.4, 0.5) is 0 Å². The number of benzene rings is 1. The fourth-order valence-electron chi connectivity index (χ4n) is 2.57. The van der Waals surface area contributed by atoms with Crippen LogP contribution in [0.2, 0.25) is 0 Å². The van der Waals surface area contributed by atoms with E-state index in [1.807, 2.05) is 0 Å². The van der Waals surface area contributed by atoms with E-state index >= 15 is 0 Å². The third kappa shape index (κ3) is 3.77. The molecule has 1 fully saturated rings. The van der Waals surface area contributed by atoms with Crippen LogP contribution in [-0.2, 0) is 10.0 Å². The van der Waals surface area contributed by atoms with E-state index in [-0.39, 0.29) is 10.9 Å². The molecule has 5 nitrogen and oxygen atoms in total. The second-order valence-corrected chi connectivity index (χ2v) is 8.03. The molecule has 0 saturated carbocycles. The van der Waals surface area contributed by atoms with Gasteiger partial charge < -0.3 is 10.1 Å². The highest BCUT2D eigenvalue weighted by molar-refractivity contribution is 9.10. The van der Waals surface area contributed by atoms with Gasteiger partial charge in [-0.3, -0.25) is 0 Å². The summed E-state index contributed by atoms with van der Waals surface area (Å²) in [4.78, 5) is 0.207. The van der Waals surface area contributed by atoms with E-state index in [4.69, 9.17) is 4.74 Å². The van der Waals surface area contributed by atoms with Crippen molar-refractivity contribution in [2.24, 2.45) is 0 Å². The van der Waals surface area contributed by atoms with Gasteiger partial charge in [0, 0.05) is 17.6 Å². The number of hydrogen-bond acceptors (Lipinski definition) is 4. The lowest BCUT2D eigenvalue weighted by atomic mass is 10.1. The molecule has 1 unspecified atom stereocenters. The van der Waals surface area contributed by atoms with Gasteiger partial charge in [-0.25, -0.2) is 8.42 Å². The Kier molecular flexibility index (Phi) is 5.65. The van der Waals surface area contributed by atoms with Crippen LogP contribution < -0.4 is 10.1 Å². The van der Waals surface area contributed by atoms with Gasteiger partial charge in [0.1, 0.15) is 10.6 Å². The first-order chi connectivity index (χ1) is 9.96. The summed E-state index contributed by atoms with van der Waals surface area (Å²) < 4.78 is 33.2. The molecule has 7 heteroatoms. The summed E-state index contributed by atoms with van der Waals surface area (Å²) in [5.41, 5.74) is 0. The van der Waals surface area contributed by atoms with Crippen molar-refractivity contribution in [3.05, 3.63) is 22.7 Å². The van der Waals surface area contributed by atoms with Crippen molar-refractivity contribution in [3.63, 3.8) is 0 Å². The zero-order chi connectivity index (χ0) is 15.5. The lowest BCUT2D eigenvalue weighted by Crippen LogP contribution is -2.37. The fourth-order valence-corrected chi connectivity index (χ4v) is 4.68. The molecule has 1 aromatic rings. The van der Waals surface area contributed by atoms with Crippen molar-refractivity contribution in [1.29, 1.82) is 0 Å². The van der Waals surface area contributed by atoms with Crippen molar-refractivity contribution >= 4 is 26.0 Å². The lowest BCUT2D eigenvalue weighted by Gasteiger charge is -2.27. The highest BCUT2D eigenvalue weighted by Crippen LogP contribution is 2.31. The highest BCUT2D eigenvalue weighted by atomic mass is 79.9. The fraction of sp³-hybridized carbons (Fsp3) is 0.571. The molecule has 1 aliphatic heterocycles. The minimum atomic E-state index is -3.57. The molecule has 1 saturated heterocycles. The Labute approximate surface area is 134 Å². The standard InChI is InChI=1S/C14H21BrN2O3S/c1-17(12-4-3-8-16-9-7-12)21(18,19)14-10-11(15)5-6-13(14)20-2/h5-6,10,12,16H,3-4,7-9H2,1-2H3. The van der Waals surface area contributed by atoms with Gasteiger partial charge in [0.05, 0.1) is 7.11 Å². The van der Waals surface area contributed by atoms with Crippen LogP contribution in [-0.4, -0.2) is 46.0 Å². The van der Waals surface area contributed by atoms with Crippen LogP contribution in [0.5, 0.6) is 5.75 Å². The van der Waals surface area contributed by atoms with E-state index in [9.17, 15) is 8.42 Å². The molecule has 21 heavy (non-hydrogen) atoms. The summed E-state index contributed by atoms with van der Waals surface area (Å²) in [5.74, 6) is 0.372. The van der Waals surface area contributed by atoms with Crippen LogP contribution in [0.3, 0.4) is 0 Å². The van der Waals surface area contributed by atoms with Gasteiger partial charge >= 0.3 is 0 Å². The minimum absolute atomic E-state index is 0.0219. The number of sulfonamides is 1. The molecule has 0 radical (unpaired) electrons. The number of methoxy groups -OCH3 is 1. The van der Waals surface area contributed by atoms with Crippen LogP contribution >= 0.6 is 15.9 Å². The van der Waals surface area contributed by atoms with Crippen molar-refractivity contribution in [1.82, 2.24) is 9.62 Å². The van der Waals surface area contributed by atoms with E-state index in [1.54, 1.807) is 25.2 Å². The van der Waals surface area contributed by atoms with E-state index in [0.29, 0.717) is 5.75 Å². The Morgan fingerprint density at radius 1 is 1.33 bits per heavy atom. The van der Waals surface area contributed by atoms with Gasteiger partial charge in [0.25, 0.3) is 0 Å². The van der Waals surface area contributed by atoms with Crippen molar-refractivity contribution in [3.8, 4) is 5.75 Å². The van der Waals surface area contributed by atoms with Crippen LogP contribution in [0.15, 0.2) is 27.6 Å². The van der Waals surface area contributed by atoms with Gasteiger partial charge in [0.2, 0.25) is 10.0 Å². The number of halogens is 1. The normalized spacial score (nSPS) is 20.3. The predicted octanol–water partition coefficient (Wildman–Crippen LogP) is 2.22. The molecule has 2 rings (SSSR count). The molecule has 0 aromatic heterocycles. The smallest absolute Gasteiger partial charge is 0.246 e. The molecular weight excluding hydrogens is 356 g/mol. The topological polar surface area (TPSA) is 58.6 Å². The van der Waals surface area contributed by atoms with Gasteiger partial charge in [-0.1, -0.05) is 15.9 Å². The molecule has 0 aliphatic carbocycles. The predicted molar refractivity (Wildman–Crippen MR) is 86.2 cm³/mol. The maximum atomic E-state index is 12.9. The van der Waals surface area contributed by atoms with E-state index in [2.05, 4.69) is 21.2 Å². The van der Waals surface area contributed by atoms with E-state index in [1.165, 1.54) is 11.4 Å². The maximum absolute atomic E-state index is 12.9. The number of hydrogen-bond donors (Lipinski definition) is 1. The summed E-state index contributed by atoms with van der Waals surface area (Å²) in [7, 11) is -0.427. The molecule has 118 valence electrons. The average molecular weight is 377 g/mol. The highest BCUT2D eigenvalue weighted by Gasteiger charge is 2.30. The number of rotatable bonds is 4.